The Morgan fingerprint density at radius 2 is 1.71 bits per heavy atom. The summed E-state index contributed by atoms with van der Waals surface area (Å²) in [4.78, 5) is 39.6. The number of nitrogens with zero attached hydrogens (tertiary/aromatic N) is 2. The smallest absolute Gasteiger partial charge is 0.279 e. The van der Waals surface area contributed by atoms with Gasteiger partial charge in [-0.15, -0.1) is 0 Å². The Balaban J connectivity index is 1.94. The average molecular weight is 394 g/mol. The van der Waals surface area contributed by atoms with Gasteiger partial charge in [0.1, 0.15) is 6.04 Å². The number of nitrogen functional groups attached to an aromatic ring is 1. The molecular formula is C21H16ClN3O3. The van der Waals surface area contributed by atoms with E-state index in [1.165, 1.54) is 9.36 Å². The number of ketones is 1. The highest BCUT2D eigenvalue weighted by molar-refractivity contribution is 6.30. The van der Waals surface area contributed by atoms with Gasteiger partial charge in [0.25, 0.3) is 11.1 Å². The molecule has 1 atom stereocenters. The highest BCUT2D eigenvalue weighted by atomic mass is 35.5. The Labute approximate surface area is 164 Å². The normalized spacial score (nSPS) is 18.5. The zero-order chi connectivity index (χ0) is 19.6. The molecule has 0 amide bonds. The summed E-state index contributed by atoms with van der Waals surface area (Å²) in [7, 11) is 0. The van der Waals surface area contributed by atoms with Crippen LogP contribution in [-0.2, 0) is 4.79 Å². The Morgan fingerprint density at radius 3 is 2.46 bits per heavy atom. The quantitative estimate of drug-likeness (QED) is 0.644. The molecule has 1 unspecified atom stereocenters. The largest absolute Gasteiger partial charge is 0.398 e. The number of carbonyl (C=O) groups is 1. The Bertz CT molecular complexity index is 1320. The number of rotatable bonds is 1. The molecule has 7 heteroatoms. The van der Waals surface area contributed by atoms with Crippen molar-refractivity contribution >= 4 is 39.5 Å². The molecule has 1 aliphatic heterocycles. The minimum absolute atomic E-state index is 0.0340. The van der Waals surface area contributed by atoms with E-state index in [-0.39, 0.29) is 33.4 Å². The number of hydrogen-bond donors (Lipinski definition) is 1. The van der Waals surface area contributed by atoms with E-state index in [1.54, 1.807) is 42.5 Å². The molecule has 0 spiro atoms. The highest BCUT2D eigenvalue weighted by Gasteiger charge is 2.40. The van der Waals surface area contributed by atoms with E-state index in [4.69, 9.17) is 17.3 Å². The van der Waals surface area contributed by atoms with Crippen LogP contribution >= 0.6 is 11.6 Å². The van der Waals surface area contributed by atoms with Gasteiger partial charge in [-0.3, -0.25) is 14.4 Å². The van der Waals surface area contributed by atoms with Gasteiger partial charge in [0.15, 0.2) is 5.78 Å². The van der Waals surface area contributed by atoms with E-state index in [2.05, 4.69) is 0 Å². The second-order valence-corrected chi connectivity index (χ2v) is 7.56. The molecule has 3 aromatic rings. The number of fused-ring (bicyclic) bond motifs is 3. The lowest BCUT2D eigenvalue weighted by atomic mass is 9.88. The van der Waals surface area contributed by atoms with Crippen LogP contribution in [0.5, 0.6) is 0 Å². The molecule has 28 heavy (non-hydrogen) atoms. The summed E-state index contributed by atoms with van der Waals surface area (Å²) in [5, 5.41) is 1.01. The fraction of sp³-hybridized carbons (Fsp3) is 0.190. The van der Waals surface area contributed by atoms with E-state index in [0.717, 1.165) is 5.56 Å². The van der Waals surface area contributed by atoms with Gasteiger partial charge >= 0.3 is 0 Å². The van der Waals surface area contributed by atoms with Crippen molar-refractivity contribution in [3.8, 4) is 0 Å². The third-order valence-corrected chi connectivity index (χ3v) is 5.80. The first-order valence-corrected chi connectivity index (χ1v) is 9.45. The van der Waals surface area contributed by atoms with Crippen molar-refractivity contribution in [2.24, 2.45) is 0 Å². The van der Waals surface area contributed by atoms with Gasteiger partial charge in [-0.1, -0.05) is 29.8 Å². The maximum Gasteiger partial charge on any atom is 0.279 e. The van der Waals surface area contributed by atoms with Crippen LogP contribution < -0.4 is 16.9 Å². The van der Waals surface area contributed by atoms with Crippen LogP contribution in [0.15, 0.2) is 57.6 Å². The number of hydrogen-bond acceptors (Lipinski definition) is 4. The van der Waals surface area contributed by atoms with Crippen molar-refractivity contribution in [2.45, 2.75) is 25.3 Å². The van der Waals surface area contributed by atoms with Gasteiger partial charge in [-0.05, 0) is 42.7 Å². The first-order chi connectivity index (χ1) is 13.5. The molecule has 2 aliphatic rings. The van der Waals surface area contributed by atoms with E-state index in [1.807, 2.05) is 0 Å². The van der Waals surface area contributed by atoms with Crippen molar-refractivity contribution in [1.29, 1.82) is 0 Å². The molecule has 1 aliphatic carbocycles. The topological polar surface area (TPSA) is 87.1 Å². The molecule has 0 radical (unpaired) electrons. The van der Waals surface area contributed by atoms with Gasteiger partial charge in [0.2, 0.25) is 0 Å². The summed E-state index contributed by atoms with van der Waals surface area (Å²) in [5.74, 6) is -0.0340. The number of benzene rings is 2. The molecule has 0 fully saturated rings. The molecule has 2 aromatic carbocycles. The van der Waals surface area contributed by atoms with Gasteiger partial charge < -0.3 is 5.73 Å². The third-order valence-electron chi connectivity index (χ3n) is 5.55. The Hall–Kier alpha value is -3.12. The number of halogens is 1. The van der Waals surface area contributed by atoms with Crippen molar-refractivity contribution in [1.82, 2.24) is 9.36 Å². The highest BCUT2D eigenvalue weighted by Crippen LogP contribution is 2.41. The van der Waals surface area contributed by atoms with Gasteiger partial charge in [0, 0.05) is 22.7 Å². The van der Waals surface area contributed by atoms with E-state index in [9.17, 15) is 14.4 Å². The average Bonchev–Trinajstić information content (AvgIpc) is 3.04. The van der Waals surface area contributed by atoms with Gasteiger partial charge in [0.05, 0.1) is 16.5 Å². The predicted molar refractivity (Wildman–Crippen MR) is 109 cm³/mol. The summed E-state index contributed by atoms with van der Waals surface area (Å²) in [5.41, 5.74) is 7.42. The molecule has 2 heterocycles. The SMILES string of the molecule is Nc1cccc2c(=O)n3n(c(=O)c12)C1=C(C(=O)CCC1)C3c1ccc(Cl)cc1. The Kier molecular flexibility index (Phi) is 3.61. The number of anilines is 1. The van der Waals surface area contributed by atoms with Crippen LogP contribution in [0, 0.1) is 0 Å². The molecule has 6 nitrogen and oxygen atoms in total. The Morgan fingerprint density at radius 1 is 0.964 bits per heavy atom. The van der Waals surface area contributed by atoms with Crippen LogP contribution in [0.4, 0.5) is 5.69 Å². The molecule has 0 bridgehead atoms. The molecule has 2 N–H and O–H groups in total. The molecule has 5 rings (SSSR count). The third kappa shape index (κ3) is 2.18. The zero-order valence-corrected chi connectivity index (χ0v) is 15.6. The lowest BCUT2D eigenvalue weighted by Gasteiger charge is -2.19. The number of allylic oxidation sites excluding steroid dienone is 2. The molecule has 1 aromatic heterocycles. The first kappa shape index (κ1) is 17.0. The monoisotopic (exact) mass is 393 g/mol. The van der Waals surface area contributed by atoms with Crippen LogP contribution in [0.3, 0.4) is 0 Å². The summed E-state index contributed by atoms with van der Waals surface area (Å²) >= 11 is 6.02. The van der Waals surface area contributed by atoms with Crippen LogP contribution in [-0.4, -0.2) is 15.1 Å². The summed E-state index contributed by atoms with van der Waals surface area (Å²) < 4.78 is 2.77. The van der Waals surface area contributed by atoms with Crippen LogP contribution in [0.2, 0.25) is 5.02 Å². The molecule has 0 saturated heterocycles. The predicted octanol–water partition coefficient (Wildman–Crippen LogP) is 2.97. The molecule has 140 valence electrons. The second kappa shape index (κ2) is 5.94. The fourth-order valence-corrected chi connectivity index (χ4v) is 4.47. The summed E-state index contributed by atoms with van der Waals surface area (Å²) in [6.45, 7) is 0. The van der Waals surface area contributed by atoms with Crippen LogP contribution in [0.1, 0.15) is 30.9 Å². The fourth-order valence-electron chi connectivity index (χ4n) is 4.34. The molecular weight excluding hydrogens is 378 g/mol. The van der Waals surface area contributed by atoms with Crippen molar-refractivity contribution in [2.75, 3.05) is 5.73 Å². The van der Waals surface area contributed by atoms with Gasteiger partial charge in [-0.25, -0.2) is 9.36 Å². The maximum atomic E-state index is 13.4. The minimum Gasteiger partial charge on any atom is -0.398 e. The zero-order valence-electron chi connectivity index (χ0n) is 14.8. The maximum absolute atomic E-state index is 13.4. The van der Waals surface area contributed by atoms with Gasteiger partial charge in [-0.2, -0.15) is 0 Å². The second-order valence-electron chi connectivity index (χ2n) is 7.13. The standard InChI is InChI=1S/C21H16ClN3O3/c22-12-9-7-11(8-10-12)19-18-15(5-2-6-16(18)26)24-21(28)17-13(20(27)25(19)24)3-1-4-14(17)23/h1,3-4,7-10,19H,2,5-6,23H2. The number of carbonyl (C=O) groups excluding carboxylic acids is 1. The van der Waals surface area contributed by atoms with E-state index >= 15 is 0 Å². The van der Waals surface area contributed by atoms with Crippen LogP contribution in [0.25, 0.3) is 16.5 Å². The summed E-state index contributed by atoms with van der Waals surface area (Å²) in [6.07, 6.45) is 1.61. The lowest BCUT2D eigenvalue weighted by molar-refractivity contribution is -0.116. The van der Waals surface area contributed by atoms with Crippen molar-refractivity contribution in [3.63, 3.8) is 0 Å². The number of nitrogens with two attached hydrogens (primary N) is 1. The van der Waals surface area contributed by atoms with E-state index < -0.39 is 6.04 Å². The number of Topliss-reactive ketones (excluding diaryl/α,β-unsaturated/α-hetero) is 1. The molecule has 0 saturated carbocycles. The van der Waals surface area contributed by atoms with Crippen molar-refractivity contribution < 1.29 is 4.79 Å². The van der Waals surface area contributed by atoms with Crippen molar-refractivity contribution in [3.05, 3.63) is 79.3 Å². The van der Waals surface area contributed by atoms with E-state index in [0.29, 0.717) is 35.6 Å². The minimum atomic E-state index is -0.647. The number of aromatic nitrogens is 2. The first-order valence-electron chi connectivity index (χ1n) is 9.07. The lowest BCUT2D eigenvalue weighted by Crippen LogP contribution is -2.37. The summed E-state index contributed by atoms with van der Waals surface area (Å²) in [6, 6.07) is 11.2.